The number of anilines is 1. The largest absolute Gasteiger partial charge is 0.394 e. The van der Waals surface area contributed by atoms with Crippen LogP contribution in [0.15, 0.2) is 6.33 Å². The quantitative estimate of drug-likeness (QED) is 0.389. The third kappa shape index (κ3) is 2.13. The molecule has 0 radical (unpaired) electrons. The van der Waals surface area contributed by atoms with Gasteiger partial charge in [0.25, 0.3) is 0 Å². The van der Waals surface area contributed by atoms with Crippen LogP contribution in [0.5, 0.6) is 0 Å². The Morgan fingerprint density at radius 2 is 2.35 bits per heavy atom. The van der Waals surface area contributed by atoms with Gasteiger partial charge in [-0.3, -0.25) is 4.57 Å². The van der Waals surface area contributed by atoms with E-state index in [1.165, 1.54) is 10.9 Å². The van der Waals surface area contributed by atoms with Gasteiger partial charge in [-0.2, -0.15) is 0 Å². The van der Waals surface area contributed by atoms with Crippen LogP contribution in [0, 0.1) is 0 Å². The van der Waals surface area contributed by atoms with Crippen molar-refractivity contribution in [2.24, 2.45) is 5.73 Å². The number of nitrogens with two attached hydrogens (primary N) is 2. The number of nitrogen functional groups attached to an aromatic ring is 1. The van der Waals surface area contributed by atoms with E-state index >= 15 is 0 Å². The van der Waals surface area contributed by atoms with Crippen LogP contribution in [0.2, 0.25) is 0 Å². The molecule has 1 fully saturated rings. The van der Waals surface area contributed by atoms with Crippen LogP contribution in [0.1, 0.15) is 24.6 Å². The molecule has 1 aromatic rings. The van der Waals surface area contributed by atoms with Crippen LogP contribution in [-0.4, -0.2) is 43.7 Å². The molecule has 17 heavy (non-hydrogen) atoms. The Kier molecular flexibility index (Phi) is 3.31. The van der Waals surface area contributed by atoms with E-state index in [0.29, 0.717) is 6.42 Å². The Morgan fingerprint density at radius 1 is 1.65 bits per heavy atom. The fraction of sp³-hybridized carbons (Fsp3) is 0.667. The lowest BCUT2D eigenvalue weighted by atomic mass is 10.2. The number of hydrogen-bond donors (Lipinski definition) is 5. The van der Waals surface area contributed by atoms with E-state index in [-0.39, 0.29) is 18.1 Å². The maximum absolute atomic E-state index is 9.59. The van der Waals surface area contributed by atoms with Crippen LogP contribution in [0.4, 0.5) is 5.82 Å². The maximum Gasteiger partial charge on any atom is 0.149 e. The summed E-state index contributed by atoms with van der Waals surface area (Å²) in [5.74, 6) is 0.191. The third-order valence-electron chi connectivity index (χ3n) is 2.84. The fourth-order valence-corrected chi connectivity index (χ4v) is 1.89. The lowest BCUT2D eigenvalue weighted by molar-refractivity contribution is -0.0437. The fourth-order valence-electron chi connectivity index (χ4n) is 1.89. The third-order valence-corrected chi connectivity index (χ3v) is 2.84. The average molecular weight is 244 g/mol. The summed E-state index contributed by atoms with van der Waals surface area (Å²) in [6.45, 7) is -0.265. The normalized spacial score (nSPS) is 30.7. The van der Waals surface area contributed by atoms with Gasteiger partial charge in [0, 0.05) is 6.42 Å². The van der Waals surface area contributed by atoms with Crippen LogP contribution < -0.4 is 11.5 Å². The monoisotopic (exact) mass is 244 g/mol. The van der Waals surface area contributed by atoms with Crippen molar-refractivity contribution in [2.45, 2.75) is 31.1 Å². The number of imidazole rings is 1. The van der Waals surface area contributed by atoms with Gasteiger partial charge < -0.3 is 31.5 Å². The molecule has 4 unspecified atom stereocenters. The molecule has 0 saturated carbocycles. The van der Waals surface area contributed by atoms with Crippen molar-refractivity contribution in [3.05, 3.63) is 12.0 Å². The standard InChI is InChI=1S/C9H16N4O4/c10-8-7(9(11)16)12-3-13(8)6-1-4(15)5(2-14)17-6/h3-6,9,14-16H,1-2,10-11H2. The second-order valence-corrected chi connectivity index (χ2v) is 3.98. The van der Waals surface area contributed by atoms with Gasteiger partial charge >= 0.3 is 0 Å². The number of aliphatic hydroxyl groups excluding tert-OH is 3. The highest BCUT2D eigenvalue weighted by Crippen LogP contribution is 2.31. The van der Waals surface area contributed by atoms with E-state index in [1.807, 2.05) is 0 Å². The zero-order chi connectivity index (χ0) is 12.6. The molecular weight excluding hydrogens is 228 g/mol. The Balaban J connectivity index is 2.19. The van der Waals surface area contributed by atoms with Gasteiger partial charge in [-0.25, -0.2) is 4.98 Å². The molecule has 8 nitrogen and oxygen atoms in total. The minimum atomic E-state index is -1.25. The summed E-state index contributed by atoms with van der Waals surface area (Å²) in [7, 11) is 0. The summed E-state index contributed by atoms with van der Waals surface area (Å²) in [6.07, 6.45) is -1.46. The topological polar surface area (TPSA) is 140 Å². The molecule has 0 amide bonds. The zero-order valence-electron chi connectivity index (χ0n) is 9.10. The van der Waals surface area contributed by atoms with Crippen molar-refractivity contribution in [2.75, 3.05) is 12.3 Å². The zero-order valence-corrected chi connectivity index (χ0v) is 9.10. The van der Waals surface area contributed by atoms with Crippen LogP contribution in [0.25, 0.3) is 0 Å². The second-order valence-electron chi connectivity index (χ2n) is 3.98. The first kappa shape index (κ1) is 12.3. The molecular formula is C9H16N4O4. The molecule has 4 atom stereocenters. The molecule has 0 bridgehead atoms. The van der Waals surface area contributed by atoms with E-state index in [2.05, 4.69) is 4.98 Å². The van der Waals surface area contributed by atoms with Gasteiger partial charge in [0.1, 0.15) is 30.1 Å². The van der Waals surface area contributed by atoms with E-state index in [9.17, 15) is 10.2 Å². The molecule has 96 valence electrons. The van der Waals surface area contributed by atoms with Crippen molar-refractivity contribution in [1.29, 1.82) is 0 Å². The number of aromatic nitrogens is 2. The Morgan fingerprint density at radius 3 is 2.82 bits per heavy atom. The molecule has 0 aliphatic carbocycles. The molecule has 0 spiro atoms. The van der Waals surface area contributed by atoms with E-state index in [0.717, 1.165) is 0 Å². The van der Waals surface area contributed by atoms with Crippen molar-refractivity contribution in [1.82, 2.24) is 9.55 Å². The van der Waals surface area contributed by atoms with Gasteiger partial charge in [-0.15, -0.1) is 0 Å². The van der Waals surface area contributed by atoms with Gasteiger partial charge in [-0.1, -0.05) is 0 Å². The molecule has 2 rings (SSSR count). The van der Waals surface area contributed by atoms with Gasteiger partial charge in [0.2, 0.25) is 0 Å². The summed E-state index contributed by atoms with van der Waals surface area (Å²) in [4.78, 5) is 3.87. The summed E-state index contributed by atoms with van der Waals surface area (Å²) in [6, 6.07) is 0. The van der Waals surface area contributed by atoms with E-state index in [1.54, 1.807) is 0 Å². The molecule has 0 aromatic carbocycles. The number of nitrogens with zero attached hydrogens (tertiary/aromatic N) is 2. The van der Waals surface area contributed by atoms with Gasteiger partial charge in [0.15, 0.2) is 0 Å². The summed E-state index contributed by atoms with van der Waals surface area (Å²) in [5, 5.41) is 27.8. The highest BCUT2D eigenvalue weighted by Gasteiger charge is 2.35. The smallest absolute Gasteiger partial charge is 0.149 e. The summed E-state index contributed by atoms with van der Waals surface area (Å²) in [5.41, 5.74) is 11.2. The number of rotatable bonds is 3. The molecule has 1 aromatic heterocycles. The summed E-state index contributed by atoms with van der Waals surface area (Å²) < 4.78 is 6.88. The van der Waals surface area contributed by atoms with Crippen LogP contribution in [-0.2, 0) is 4.74 Å². The van der Waals surface area contributed by atoms with Gasteiger partial charge in [-0.05, 0) is 0 Å². The predicted molar refractivity (Wildman–Crippen MR) is 57.4 cm³/mol. The molecule has 1 aliphatic heterocycles. The van der Waals surface area contributed by atoms with Crippen molar-refractivity contribution >= 4 is 5.82 Å². The van der Waals surface area contributed by atoms with Gasteiger partial charge in [0.05, 0.1) is 19.0 Å². The minimum absolute atomic E-state index is 0.163. The molecule has 8 heteroatoms. The van der Waals surface area contributed by atoms with E-state index in [4.69, 9.17) is 21.3 Å². The van der Waals surface area contributed by atoms with Crippen LogP contribution >= 0.6 is 0 Å². The SMILES string of the molecule is Nc1c(C(N)O)ncn1C1CC(O)C(CO)O1. The first-order chi connectivity index (χ1) is 8.04. The van der Waals surface area contributed by atoms with Crippen molar-refractivity contribution in [3.63, 3.8) is 0 Å². The lowest BCUT2D eigenvalue weighted by Gasteiger charge is -2.15. The summed E-state index contributed by atoms with van der Waals surface area (Å²) >= 11 is 0. The Bertz CT molecular complexity index is 394. The molecule has 7 N–H and O–H groups in total. The van der Waals surface area contributed by atoms with Crippen molar-refractivity contribution in [3.8, 4) is 0 Å². The molecule has 2 heterocycles. The van der Waals surface area contributed by atoms with E-state index < -0.39 is 24.7 Å². The Labute approximate surface area is 97.4 Å². The second kappa shape index (κ2) is 4.59. The predicted octanol–water partition coefficient (Wildman–Crippen LogP) is -1.94. The lowest BCUT2D eigenvalue weighted by Crippen LogP contribution is -2.24. The first-order valence-electron chi connectivity index (χ1n) is 5.24. The average Bonchev–Trinajstić information content (AvgIpc) is 2.81. The highest BCUT2D eigenvalue weighted by atomic mass is 16.5. The molecule has 1 saturated heterocycles. The maximum atomic E-state index is 9.59. The minimum Gasteiger partial charge on any atom is -0.394 e. The van der Waals surface area contributed by atoms with Crippen LogP contribution in [0.3, 0.4) is 0 Å². The Hall–Kier alpha value is -1.19. The van der Waals surface area contributed by atoms with Crippen molar-refractivity contribution < 1.29 is 20.1 Å². The number of aliphatic hydroxyl groups is 3. The molecule has 1 aliphatic rings. The first-order valence-corrected chi connectivity index (χ1v) is 5.24. The highest BCUT2D eigenvalue weighted by molar-refractivity contribution is 5.37. The number of ether oxygens (including phenoxy) is 1. The number of hydrogen-bond acceptors (Lipinski definition) is 7.